The van der Waals surface area contributed by atoms with Crippen molar-refractivity contribution in [2.75, 3.05) is 0 Å². The van der Waals surface area contributed by atoms with Gasteiger partial charge in [0, 0.05) is 32.8 Å². The molecule has 1 atom stereocenters. The minimum Gasteiger partial charge on any atom is -0.309 e. The maximum absolute atomic E-state index is 10.5. The smallest absolute Gasteiger partial charge is 0.0998 e. The van der Waals surface area contributed by atoms with Crippen LogP contribution in [0.15, 0.2) is 140 Å². The Morgan fingerprint density at radius 1 is 0.549 bits per heavy atom. The summed E-state index contributed by atoms with van der Waals surface area (Å²) in [6, 6.07) is 50.1. The van der Waals surface area contributed by atoms with E-state index in [-0.39, 0.29) is 5.92 Å². The van der Waals surface area contributed by atoms with Gasteiger partial charge in [0.15, 0.2) is 0 Å². The van der Waals surface area contributed by atoms with Crippen molar-refractivity contribution >= 4 is 54.8 Å². The van der Waals surface area contributed by atoms with Crippen molar-refractivity contribution in [3.8, 4) is 29.6 Å². The molecule has 0 bridgehead atoms. The SMILES string of the molecule is CC1CC(c2c(C#N)cccc2-n2c3ccccc3c3ccccc32)=CC=C1c1ccc(-n2c3ccccc3c3cc(C#N)ccc32)cc1C#N. The van der Waals surface area contributed by atoms with Gasteiger partial charge in [0.1, 0.15) is 0 Å². The third-order valence-corrected chi connectivity index (χ3v) is 10.3. The molecule has 9 rings (SSSR count). The van der Waals surface area contributed by atoms with Crippen LogP contribution in [0.25, 0.3) is 66.1 Å². The van der Waals surface area contributed by atoms with Crippen LogP contribution in [0.4, 0.5) is 0 Å². The summed E-state index contributed by atoms with van der Waals surface area (Å²) in [5, 5.41) is 34.8. The van der Waals surface area contributed by atoms with Crippen LogP contribution in [0.1, 0.15) is 41.2 Å². The van der Waals surface area contributed by atoms with Crippen molar-refractivity contribution in [1.82, 2.24) is 9.13 Å². The van der Waals surface area contributed by atoms with Gasteiger partial charge < -0.3 is 9.13 Å². The molecule has 2 heterocycles. The summed E-state index contributed by atoms with van der Waals surface area (Å²) in [5.41, 5.74) is 12.0. The van der Waals surface area contributed by atoms with E-state index in [4.69, 9.17) is 0 Å². The molecule has 5 heteroatoms. The normalized spacial score (nSPS) is 14.3. The van der Waals surface area contributed by atoms with Crippen molar-refractivity contribution in [3.05, 3.63) is 167 Å². The lowest BCUT2D eigenvalue weighted by molar-refractivity contribution is 0.769. The maximum Gasteiger partial charge on any atom is 0.0998 e. The maximum atomic E-state index is 10.5. The lowest BCUT2D eigenvalue weighted by Gasteiger charge is -2.25. The molecule has 0 amide bonds. The summed E-state index contributed by atoms with van der Waals surface area (Å²) in [4.78, 5) is 0. The Morgan fingerprint density at radius 2 is 1.18 bits per heavy atom. The fourth-order valence-corrected chi connectivity index (χ4v) is 8.08. The zero-order valence-corrected chi connectivity index (χ0v) is 27.8. The van der Waals surface area contributed by atoms with E-state index in [0.29, 0.717) is 16.7 Å². The molecule has 0 spiro atoms. The molecule has 1 aliphatic carbocycles. The van der Waals surface area contributed by atoms with Crippen LogP contribution in [0.2, 0.25) is 0 Å². The van der Waals surface area contributed by atoms with Crippen molar-refractivity contribution in [2.45, 2.75) is 13.3 Å². The number of nitrogens with zero attached hydrogens (tertiary/aromatic N) is 5. The minimum absolute atomic E-state index is 0.0957. The Kier molecular flexibility index (Phi) is 6.92. The Labute approximate surface area is 295 Å². The van der Waals surface area contributed by atoms with Gasteiger partial charge in [-0.25, -0.2) is 0 Å². The minimum atomic E-state index is 0.0957. The second-order valence-corrected chi connectivity index (χ2v) is 13.1. The van der Waals surface area contributed by atoms with Gasteiger partial charge in [-0.1, -0.05) is 85.8 Å². The highest BCUT2D eigenvalue weighted by atomic mass is 15.0. The van der Waals surface area contributed by atoms with E-state index in [1.54, 1.807) is 0 Å². The number of aromatic nitrogens is 2. The molecule has 0 radical (unpaired) electrons. The molecule has 1 unspecified atom stereocenters. The highest BCUT2D eigenvalue weighted by Gasteiger charge is 2.25. The number of para-hydroxylation sites is 3. The summed E-state index contributed by atoms with van der Waals surface area (Å²) in [6.45, 7) is 2.20. The summed E-state index contributed by atoms with van der Waals surface area (Å²) < 4.78 is 4.45. The first-order chi connectivity index (χ1) is 25.1. The molecular formula is C46H29N5. The Balaban J connectivity index is 1.17. The third kappa shape index (κ3) is 4.59. The van der Waals surface area contributed by atoms with Gasteiger partial charge in [0.25, 0.3) is 0 Å². The fraction of sp³-hybridized carbons (Fsp3) is 0.0652. The van der Waals surface area contributed by atoms with E-state index in [1.807, 2.05) is 48.5 Å². The van der Waals surface area contributed by atoms with Gasteiger partial charge >= 0.3 is 0 Å². The van der Waals surface area contributed by atoms with Crippen LogP contribution in [-0.2, 0) is 0 Å². The number of hydrogen-bond donors (Lipinski definition) is 0. The predicted molar refractivity (Wildman–Crippen MR) is 205 cm³/mol. The summed E-state index contributed by atoms with van der Waals surface area (Å²) in [6.07, 6.45) is 4.99. The zero-order valence-electron chi connectivity index (χ0n) is 27.8. The highest BCUT2D eigenvalue weighted by molar-refractivity contribution is 6.10. The van der Waals surface area contributed by atoms with Gasteiger partial charge in [-0.3, -0.25) is 0 Å². The van der Waals surface area contributed by atoms with E-state index < -0.39 is 0 Å². The zero-order chi connectivity index (χ0) is 34.6. The van der Waals surface area contributed by atoms with Crippen molar-refractivity contribution in [2.24, 2.45) is 5.92 Å². The molecule has 0 aliphatic heterocycles. The molecule has 5 nitrogen and oxygen atoms in total. The molecule has 8 aromatic rings. The highest BCUT2D eigenvalue weighted by Crippen LogP contribution is 2.43. The molecule has 0 saturated carbocycles. The van der Waals surface area contributed by atoms with Crippen molar-refractivity contribution in [1.29, 1.82) is 15.8 Å². The fourth-order valence-electron chi connectivity index (χ4n) is 8.08. The van der Waals surface area contributed by atoms with Crippen LogP contribution in [0.3, 0.4) is 0 Å². The molecule has 238 valence electrons. The average Bonchev–Trinajstić information content (AvgIpc) is 3.70. The molecule has 0 saturated heterocycles. The number of hydrogen-bond acceptors (Lipinski definition) is 3. The largest absolute Gasteiger partial charge is 0.309 e. The lowest BCUT2D eigenvalue weighted by Crippen LogP contribution is -2.09. The second-order valence-electron chi connectivity index (χ2n) is 13.1. The van der Waals surface area contributed by atoms with Gasteiger partial charge in [0.2, 0.25) is 0 Å². The number of rotatable bonds is 4. The van der Waals surface area contributed by atoms with E-state index in [0.717, 1.165) is 72.9 Å². The van der Waals surface area contributed by atoms with E-state index in [1.165, 1.54) is 10.8 Å². The second kappa shape index (κ2) is 11.8. The Bertz CT molecular complexity index is 2890. The van der Waals surface area contributed by atoms with Gasteiger partial charge in [-0.2, -0.15) is 15.8 Å². The Hall–Kier alpha value is -7.13. The van der Waals surface area contributed by atoms with Crippen LogP contribution in [0, 0.1) is 39.9 Å². The van der Waals surface area contributed by atoms with Crippen LogP contribution in [0.5, 0.6) is 0 Å². The number of benzene rings is 6. The molecule has 0 fully saturated rings. The van der Waals surface area contributed by atoms with Gasteiger partial charge in [-0.15, -0.1) is 0 Å². The number of allylic oxidation sites excluding steroid dienone is 4. The van der Waals surface area contributed by atoms with Gasteiger partial charge in [-0.05, 0) is 89.7 Å². The molecule has 51 heavy (non-hydrogen) atoms. The van der Waals surface area contributed by atoms with Gasteiger partial charge in [0.05, 0.1) is 62.7 Å². The average molecular weight is 652 g/mol. The third-order valence-electron chi connectivity index (χ3n) is 10.3. The Morgan fingerprint density at radius 3 is 1.82 bits per heavy atom. The lowest BCUT2D eigenvalue weighted by atomic mass is 9.80. The summed E-state index contributed by atoms with van der Waals surface area (Å²) in [7, 11) is 0. The van der Waals surface area contributed by atoms with Crippen LogP contribution in [-0.4, -0.2) is 9.13 Å². The summed E-state index contributed by atoms with van der Waals surface area (Å²) in [5.74, 6) is 0.0957. The summed E-state index contributed by atoms with van der Waals surface area (Å²) >= 11 is 0. The van der Waals surface area contributed by atoms with E-state index in [9.17, 15) is 15.8 Å². The monoisotopic (exact) mass is 651 g/mol. The first kappa shape index (κ1) is 30.0. The predicted octanol–water partition coefficient (Wildman–Crippen LogP) is 11.0. The van der Waals surface area contributed by atoms with Crippen molar-refractivity contribution in [3.63, 3.8) is 0 Å². The first-order valence-electron chi connectivity index (χ1n) is 17.0. The van der Waals surface area contributed by atoms with Crippen LogP contribution < -0.4 is 0 Å². The molecule has 1 aliphatic rings. The first-order valence-corrected chi connectivity index (χ1v) is 17.0. The standard InChI is InChI=1S/C46H29N5/c1-29-23-31(46-32(27-48)9-8-16-45(46)51-42-14-6-2-10-37(42)38-11-3-7-15-43(38)51)18-20-35(29)36-21-19-34(25-33(36)28-49)50-41-13-5-4-12-39(41)40-24-30(26-47)17-22-44(40)50/h2-22,24-25,29H,23H2,1H3. The molecule has 0 N–H and O–H groups in total. The number of fused-ring (bicyclic) bond motifs is 6. The van der Waals surface area contributed by atoms with E-state index in [2.05, 4.69) is 125 Å². The van der Waals surface area contributed by atoms with Crippen LogP contribution >= 0.6 is 0 Å². The topological polar surface area (TPSA) is 81.2 Å². The molecular weight excluding hydrogens is 623 g/mol. The molecule has 6 aromatic carbocycles. The van der Waals surface area contributed by atoms with Crippen molar-refractivity contribution < 1.29 is 0 Å². The molecule has 2 aromatic heterocycles. The quantitative estimate of drug-likeness (QED) is 0.190. The number of nitriles is 3. The van der Waals surface area contributed by atoms with E-state index >= 15 is 0 Å².